The molecule has 0 aliphatic rings. The van der Waals surface area contributed by atoms with Gasteiger partial charge in [-0.3, -0.25) is 4.79 Å². The number of hydrogen-bond donors (Lipinski definition) is 2. The van der Waals surface area contributed by atoms with E-state index < -0.39 is 15.9 Å². The molecule has 0 spiro atoms. The SMILES string of the molecule is CCOc1ccc(S(=O)(=O)NCC(=O)Nc2ccc(OC(C)C)cc2)cc1. The molecule has 2 aromatic rings. The zero-order valence-electron chi connectivity index (χ0n) is 15.6. The van der Waals surface area contributed by atoms with Crippen LogP contribution in [0, 0.1) is 0 Å². The quantitative estimate of drug-likeness (QED) is 0.684. The van der Waals surface area contributed by atoms with Crippen molar-refractivity contribution < 1.29 is 22.7 Å². The fourth-order valence-electron chi connectivity index (χ4n) is 2.22. The van der Waals surface area contributed by atoms with E-state index in [1.54, 1.807) is 36.4 Å². The number of nitrogens with one attached hydrogen (secondary N) is 2. The minimum atomic E-state index is -3.79. The Morgan fingerprint density at radius 2 is 1.59 bits per heavy atom. The molecule has 2 N–H and O–H groups in total. The maximum absolute atomic E-state index is 12.3. The molecule has 0 aliphatic heterocycles. The molecule has 0 bridgehead atoms. The summed E-state index contributed by atoms with van der Waals surface area (Å²) in [6.07, 6.45) is 0.0578. The highest BCUT2D eigenvalue weighted by molar-refractivity contribution is 7.89. The molecule has 2 rings (SSSR count). The van der Waals surface area contributed by atoms with Gasteiger partial charge in [-0.15, -0.1) is 0 Å². The number of ether oxygens (including phenoxy) is 2. The van der Waals surface area contributed by atoms with Crippen LogP contribution in [0.3, 0.4) is 0 Å². The number of anilines is 1. The lowest BCUT2D eigenvalue weighted by atomic mass is 10.3. The van der Waals surface area contributed by atoms with E-state index in [1.165, 1.54) is 12.1 Å². The summed E-state index contributed by atoms with van der Waals surface area (Å²) < 4.78 is 37.6. The predicted octanol–water partition coefficient (Wildman–Crippen LogP) is 2.79. The molecule has 2 aromatic carbocycles. The van der Waals surface area contributed by atoms with E-state index in [0.717, 1.165) is 0 Å². The van der Waals surface area contributed by atoms with Gasteiger partial charge in [0.2, 0.25) is 15.9 Å². The number of hydrogen-bond acceptors (Lipinski definition) is 5. The van der Waals surface area contributed by atoms with Crippen LogP contribution in [0.2, 0.25) is 0 Å². The van der Waals surface area contributed by atoms with Crippen LogP contribution in [0.5, 0.6) is 11.5 Å². The molecule has 0 aliphatic carbocycles. The van der Waals surface area contributed by atoms with Gasteiger partial charge in [-0.1, -0.05) is 0 Å². The third kappa shape index (κ3) is 6.58. The van der Waals surface area contributed by atoms with E-state index >= 15 is 0 Å². The van der Waals surface area contributed by atoms with E-state index in [-0.39, 0.29) is 17.5 Å². The first-order valence-electron chi connectivity index (χ1n) is 8.59. The van der Waals surface area contributed by atoms with Crippen molar-refractivity contribution in [3.05, 3.63) is 48.5 Å². The topological polar surface area (TPSA) is 93.7 Å². The molecule has 0 radical (unpaired) electrons. The molecule has 0 aromatic heterocycles. The highest BCUT2D eigenvalue weighted by atomic mass is 32.2. The van der Waals surface area contributed by atoms with Gasteiger partial charge in [0.05, 0.1) is 24.2 Å². The highest BCUT2D eigenvalue weighted by Crippen LogP contribution is 2.17. The van der Waals surface area contributed by atoms with Gasteiger partial charge < -0.3 is 14.8 Å². The number of benzene rings is 2. The Labute approximate surface area is 159 Å². The summed E-state index contributed by atoms with van der Waals surface area (Å²) >= 11 is 0. The smallest absolute Gasteiger partial charge is 0.241 e. The molecule has 0 fully saturated rings. The standard InChI is InChI=1S/C19H24N2O5S/c1-4-25-16-9-11-18(12-10-16)27(23,24)20-13-19(22)21-15-5-7-17(8-6-15)26-14(2)3/h5-12,14,20H,4,13H2,1-3H3,(H,21,22). The molecule has 0 unspecified atom stereocenters. The normalized spacial score (nSPS) is 11.3. The average molecular weight is 392 g/mol. The number of rotatable bonds is 9. The molecule has 27 heavy (non-hydrogen) atoms. The van der Waals surface area contributed by atoms with Crippen LogP contribution in [0.25, 0.3) is 0 Å². The van der Waals surface area contributed by atoms with Gasteiger partial charge >= 0.3 is 0 Å². The third-order valence-electron chi connectivity index (χ3n) is 3.38. The lowest BCUT2D eigenvalue weighted by Crippen LogP contribution is -2.32. The predicted molar refractivity (Wildman–Crippen MR) is 104 cm³/mol. The molecule has 1 amide bonds. The molecule has 0 heterocycles. The van der Waals surface area contributed by atoms with Crippen LogP contribution >= 0.6 is 0 Å². The minimum Gasteiger partial charge on any atom is -0.494 e. The number of amides is 1. The molecule has 0 saturated heterocycles. The fourth-order valence-corrected chi connectivity index (χ4v) is 3.20. The highest BCUT2D eigenvalue weighted by Gasteiger charge is 2.15. The number of carbonyl (C=O) groups excluding carboxylic acids is 1. The van der Waals surface area contributed by atoms with Gasteiger partial charge in [-0.25, -0.2) is 13.1 Å². The van der Waals surface area contributed by atoms with E-state index in [1.807, 2.05) is 20.8 Å². The first kappa shape index (κ1) is 20.7. The monoisotopic (exact) mass is 392 g/mol. The molecule has 146 valence electrons. The minimum absolute atomic E-state index is 0.0578. The van der Waals surface area contributed by atoms with Crippen molar-refractivity contribution in [2.75, 3.05) is 18.5 Å². The Balaban J connectivity index is 1.90. The van der Waals surface area contributed by atoms with Gasteiger partial charge in [-0.2, -0.15) is 0 Å². The van der Waals surface area contributed by atoms with Crippen molar-refractivity contribution >= 4 is 21.6 Å². The Kier molecular flexibility index (Phi) is 7.20. The van der Waals surface area contributed by atoms with Crippen LogP contribution in [-0.2, 0) is 14.8 Å². The first-order chi connectivity index (χ1) is 12.8. The maximum Gasteiger partial charge on any atom is 0.241 e. The zero-order valence-corrected chi connectivity index (χ0v) is 16.4. The maximum atomic E-state index is 12.3. The fraction of sp³-hybridized carbons (Fsp3) is 0.316. The molecule has 0 atom stereocenters. The van der Waals surface area contributed by atoms with Crippen LogP contribution < -0.4 is 19.5 Å². The number of sulfonamides is 1. The zero-order chi connectivity index (χ0) is 19.9. The summed E-state index contributed by atoms with van der Waals surface area (Å²) in [7, 11) is -3.79. The Hall–Kier alpha value is -2.58. The van der Waals surface area contributed by atoms with Crippen molar-refractivity contribution in [3.8, 4) is 11.5 Å². The van der Waals surface area contributed by atoms with Crippen LogP contribution in [-0.4, -0.2) is 33.6 Å². The lowest BCUT2D eigenvalue weighted by molar-refractivity contribution is -0.115. The summed E-state index contributed by atoms with van der Waals surface area (Å²) in [5, 5.41) is 2.63. The van der Waals surface area contributed by atoms with Crippen LogP contribution in [0.4, 0.5) is 5.69 Å². The van der Waals surface area contributed by atoms with E-state index in [4.69, 9.17) is 9.47 Å². The molecular formula is C19H24N2O5S. The lowest BCUT2D eigenvalue weighted by Gasteiger charge is -2.11. The van der Waals surface area contributed by atoms with Crippen molar-refractivity contribution in [2.45, 2.75) is 31.8 Å². The average Bonchev–Trinajstić information content (AvgIpc) is 2.62. The summed E-state index contributed by atoms with van der Waals surface area (Å²) in [6.45, 7) is 5.81. The summed E-state index contributed by atoms with van der Waals surface area (Å²) in [4.78, 5) is 12.1. The van der Waals surface area contributed by atoms with Crippen LogP contribution in [0.1, 0.15) is 20.8 Å². The molecular weight excluding hydrogens is 368 g/mol. The summed E-state index contributed by atoms with van der Waals surface area (Å²) in [6, 6.07) is 12.8. The summed E-state index contributed by atoms with van der Waals surface area (Å²) in [5.74, 6) is 0.806. The van der Waals surface area contributed by atoms with Crippen LogP contribution in [0.15, 0.2) is 53.4 Å². The van der Waals surface area contributed by atoms with Crippen molar-refractivity contribution in [2.24, 2.45) is 0 Å². The summed E-state index contributed by atoms with van der Waals surface area (Å²) in [5.41, 5.74) is 0.552. The van der Waals surface area contributed by atoms with Gasteiger partial charge in [0.25, 0.3) is 0 Å². The Morgan fingerprint density at radius 1 is 1.00 bits per heavy atom. The molecule has 0 saturated carbocycles. The van der Waals surface area contributed by atoms with Crippen molar-refractivity contribution in [1.29, 1.82) is 0 Å². The van der Waals surface area contributed by atoms with E-state index in [9.17, 15) is 13.2 Å². The van der Waals surface area contributed by atoms with Crippen molar-refractivity contribution in [1.82, 2.24) is 4.72 Å². The largest absolute Gasteiger partial charge is 0.494 e. The molecule has 7 nitrogen and oxygen atoms in total. The Bertz CT molecular complexity index is 847. The van der Waals surface area contributed by atoms with Crippen molar-refractivity contribution in [3.63, 3.8) is 0 Å². The second kappa shape index (κ2) is 9.38. The molecule has 8 heteroatoms. The van der Waals surface area contributed by atoms with Gasteiger partial charge in [0, 0.05) is 5.69 Å². The van der Waals surface area contributed by atoms with Gasteiger partial charge in [0.1, 0.15) is 11.5 Å². The second-order valence-electron chi connectivity index (χ2n) is 5.97. The van der Waals surface area contributed by atoms with Gasteiger partial charge in [-0.05, 0) is 69.3 Å². The van der Waals surface area contributed by atoms with E-state index in [2.05, 4.69) is 10.0 Å². The number of carbonyl (C=O) groups is 1. The van der Waals surface area contributed by atoms with Gasteiger partial charge in [0.15, 0.2) is 0 Å². The first-order valence-corrected chi connectivity index (χ1v) is 10.1. The Morgan fingerprint density at radius 3 is 2.15 bits per heavy atom. The van der Waals surface area contributed by atoms with E-state index in [0.29, 0.717) is 23.8 Å². The second-order valence-corrected chi connectivity index (χ2v) is 7.74. The third-order valence-corrected chi connectivity index (χ3v) is 4.79.